The monoisotopic (exact) mass is 235 g/mol. The maximum Gasteiger partial charge on any atom is 0.152 e. The molecule has 0 heterocycles. The number of benzene rings is 1. The van der Waals surface area contributed by atoms with Gasteiger partial charge in [0.05, 0.1) is 6.04 Å². The molecule has 1 atom stereocenters. The third-order valence-electron chi connectivity index (χ3n) is 2.73. The summed E-state index contributed by atoms with van der Waals surface area (Å²) in [5.74, 6) is 0.373. The van der Waals surface area contributed by atoms with Gasteiger partial charge in [0.15, 0.2) is 5.78 Å². The van der Waals surface area contributed by atoms with Crippen LogP contribution in [0.5, 0.6) is 0 Å². The van der Waals surface area contributed by atoms with E-state index >= 15 is 0 Å². The Morgan fingerprint density at radius 1 is 1.18 bits per heavy atom. The number of hydrogen-bond acceptors (Lipinski definition) is 2. The molecule has 17 heavy (non-hydrogen) atoms. The number of carbonyl (C=O) groups is 1. The minimum Gasteiger partial charge on any atom is -0.305 e. The second-order valence-electron chi connectivity index (χ2n) is 5.12. The highest BCUT2D eigenvalue weighted by molar-refractivity contribution is 5.86. The van der Waals surface area contributed by atoms with Crippen LogP contribution in [0.1, 0.15) is 34.7 Å². The van der Waals surface area contributed by atoms with Crippen molar-refractivity contribution < 1.29 is 6.22 Å². The fraction of sp³-hybridized carbons (Fsp3) is 0.533. The fourth-order valence-electron chi connectivity index (χ4n) is 1.90. The Balaban J connectivity index is 0.00000289. The van der Waals surface area contributed by atoms with Crippen LogP contribution in [0.4, 0.5) is 0 Å². The minimum atomic E-state index is -0.0719. The Labute approximate surface area is 106 Å². The van der Waals surface area contributed by atoms with Crippen molar-refractivity contribution in [3.05, 3.63) is 35.9 Å². The van der Waals surface area contributed by atoms with Crippen LogP contribution in [0.15, 0.2) is 30.3 Å². The molecular weight excluding hydrogens is 210 g/mol. The average molecular weight is 235 g/mol. The van der Waals surface area contributed by atoms with Crippen LogP contribution < -0.4 is 5.32 Å². The van der Waals surface area contributed by atoms with Crippen molar-refractivity contribution in [1.82, 2.24) is 5.32 Å². The van der Waals surface area contributed by atoms with Gasteiger partial charge in [-0.3, -0.25) is 4.79 Å². The van der Waals surface area contributed by atoms with Crippen molar-refractivity contribution >= 4 is 5.78 Å². The zero-order valence-corrected chi connectivity index (χ0v) is 11.2. The lowest BCUT2D eigenvalue weighted by Crippen LogP contribution is -2.44. The zero-order valence-electron chi connectivity index (χ0n) is 11.2. The van der Waals surface area contributed by atoms with Gasteiger partial charge >= 0.3 is 0 Å². The van der Waals surface area contributed by atoms with E-state index in [0.717, 1.165) is 6.42 Å². The molecule has 0 saturated heterocycles. The Hall–Kier alpha value is -1.15. The number of carbonyl (C=O) groups excluding carboxylic acids is 1. The number of hydrogen-bond donors (Lipinski definition) is 1. The predicted octanol–water partition coefficient (Wildman–Crippen LogP) is 3.07. The Bertz CT molecular complexity index is 349. The van der Waals surface area contributed by atoms with Gasteiger partial charge < -0.3 is 5.32 Å². The molecule has 0 amide bonds. The van der Waals surface area contributed by atoms with Gasteiger partial charge in [-0.15, -0.1) is 0 Å². The van der Waals surface area contributed by atoms with E-state index in [-0.39, 0.29) is 13.4 Å². The molecule has 0 aliphatic heterocycles. The lowest BCUT2D eigenvalue weighted by Gasteiger charge is -2.22. The van der Waals surface area contributed by atoms with Crippen molar-refractivity contribution in [2.75, 3.05) is 0 Å². The van der Waals surface area contributed by atoms with Crippen LogP contribution >= 0.6 is 0 Å². The van der Waals surface area contributed by atoms with Crippen molar-refractivity contribution in [3.63, 3.8) is 0 Å². The van der Waals surface area contributed by atoms with Crippen LogP contribution in [-0.4, -0.2) is 17.9 Å². The van der Waals surface area contributed by atoms with E-state index < -0.39 is 0 Å². The van der Waals surface area contributed by atoms with E-state index in [9.17, 15) is 4.79 Å². The largest absolute Gasteiger partial charge is 0.305 e. The molecular formula is C15H25NO. The molecule has 0 radical (unpaired) electrons. The minimum absolute atomic E-state index is 0. The topological polar surface area (TPSA) is 29.1 Å². The molecule has 0 saturated carbocycles. The van der Waals surface area contributed by atoms with Gasteiger partial charge in [0.25, 0.3) is 0 Å². The van der Waals surface area contributed by atoms with Gasteiger partial charge in [-0.1, -0.05) is 58.0 Å². The Morgan fingerprint density at radius 2 is 1.76 bits per heavy atom. The van der Waals surface area contributed by atoms with Crippen LogP contribution in [0.2, 0.25) is 0 Å². The summed E-state index contributed by atoms with van der Waals surface area (Å²) in [4.78, 5) is 12.1. The molecule has 1 N–H and O–H groups in total. The summed E-state index contributed by atoms with van der Waals surface area (Å²) in [7, 11) is 0. The quantitative estimate of drug-likeness (QED) is 0.821. The molecule has 0 bridgehead atoms. The molecule has 96 valence electrons. The first kappa shape index (κ1) is 13.9. The van der Waals surface area contributed by atoms with Gasteiger partial charge in [-0.25, -0.2) is 0 Å². The molecule has 0 unspecified atom stereocenters. The van der Waals surface area contributed by atoms with E-state index in [1.54, 1.807) is 0 Å². The molecule has 0 fully saturated rings. The van der Waals surface area contributed by atoms with Crippen molar-refractivity contribution in [2.24, 2.45) is 5.92 Å². The standard InChI is InChI=1S/C15H23NO.H2/c1-11(2)15(17)14(16-12(3)4)10-13-8-6-5-7-9-13;/h5-9,11-12,14,16H,10H2,1-4H3;1H/t14-;/m0./s1. The third-order valence-corrected chi connectivity index (χ3v) is 2.73. The average Bonchev–Trinajstić information content (AvgIpc) is 2.28. The lowest BCUT2D eigenvalue weighted by atomic mass is 9.95. The van der Waals surface area contributed by atoms with E-state index in [1.165, 1.54) is 5.56 Å². The molecule has 2 nitrogen and oxygen atoms in total. The molecule has 1 rings (SSSR count). The molecule has 0 aromatic heterocycles. The molecule has 0 aliphatic rings. The van der Waals surface area contributed by atoms with Gasteiger partial charge in [0, 0.05) is 13.4 Å². The zero-order chi connectivity index (χ0) is 12.8. The Morgan fingerprint density at radius 3 is 2.24 bits per heavy atom. The van der Waals surface area contributed by atoms with E-state index in [4.69, 9.17) is 0 Å². The van der Waals surface area contributed by atoms with Crippen LogP contribution in [0, 0.1) is 5.92 Å². The summed E-state index contributed by atoms with van der Waals surface area (Å²) < 4.78 is 0. The van der Waals surface area contributed by atoms with Crippen molar-refractivity contribution in [3.8, 4) is 0 Å². The highest BCUT2D eigenvalue weighted by Gasteiger charge is 2.21. The van der Waals surface area contributed by atoms with Crippen molar-refractivity contribution in [2.45, 2.75) is 46.2 Å². The van der Waals surface area contributed by atoms with Crippen LogP contribution in [0.25, 0.3) is 0 Å². The smallest absolute Gasteiger partial charge is 0.152 e. The van der Waals surface area contributed by atoms with E-state index in [0.29, 0.717) is 11.8 Å². The first-order valence-corrected chi connectivity index (χ1v) is 6.34. The normalized spacial score (nSPS) is 13.1. The van der Waals surface area contributed by atoms with Crippen LogP contribution in [-0.2, 0) is 11.2 Å². The fourth-order valence-corrected chi connectivity index (χ4v) is 1.90. The summed E-state index contributed by atoms with van der Waals surface area (Å²) in [6.07, 6.45) is 0.774. The second kappa shape index (κ2) is 6.55. The van der Waals surface area contributed by atoms with E-state index in [1.807, 2.05) is 32.0 Å². The summed E-state index contributed by atoms with van der Waals surface area (Å²) in [5.41, 5.74) is 1.21. The molecule has 0 spiro atoms. The van der Waals surface area contributed by atoms with Gasteiger partial charge in [0.1, 0.15) is 0 Å². The second-order valence-corrected chi connectivity index (χ2v) is 5.12. The number of nitrogens with one attached hydrogen (secondary N) is 1. The van der Waals surface area contributed by atoms with Gasteiger partial charge in [-0.2, -0.15) is 0 Å². The predicted molar refractivity (Wildman–Crippen MR) is 74.2 cm³/mol. The van der Waals surface area contributed by atoms with Crippen molar-refractivity contribution in [1.29, 1.82) is 0 Å². The number of ketones is 1. The first-order valence-electron chi connectivity index (χ1n) is 6.34. The van der Waals surface area contributed by atoms with Gasteiger partial charge in [0.2, 0.25) is 0 Å². The highest BCUT2D eigenvalue weighted by atomic mass is 16.1. The summed E-state index contributed by atoms with van der Waals surface area (Å²) >= 11 is 0. The maximum absolute atomic E-state index is 12.1. The molecule has 1 aromatic rings. The summed E-state index contributed by atoms with van der Waals surface area (Å²) in [6, 6.07) is 10.4. The number of Topliss-reactive ketones (excluding diaryl/α,β-unsaturated/α-hetero) is 1. The highest BCUT2D eigenvalue weighted by Crippen LogP contribution is 2.09. The first-order chi connectivity index (χ1) is 8.00. The maximum atomic E-state index is 12.1. The van der Waals surface area contributed by atoms with E-state index in [2.05, 4.69) is 31.3 Å². The molecule has 0 aliphatic carbocycles. The Kier molecular flexibility index (Phi) is 5.36. The molecule has 2 heteroatoms. The lowest BCUT2D eigenvalue weighted by molar-refractivity contribution is -0.124. The molecule has 1 aromatic carbocycles. The number of rotatable bonds is 6. The summed E-state index contributed by atoms with van der Waals surface area (Å²) in [6.45, 7) is 8.07. The van der Waals surface area contributed by atoms with Crippen LogP contribution in [0.3, 0.4) is 0 Å². The summed E-state index contributed by atoms with van der Waals surface area (Å²) in [5, 5.41) is 3.36. The third kappa shape index (κ3) is 4.70. The SMILES string of the molecule is CC(C)N[C@@H](Cc1ccccc1)C(=O)C(C)C.[HH]. The van der Waals surface area contributed by atoms with Gasteiger partial charge in [-0.05, 0) is 12.0 Å².